The number of aryl methyl sites for hydroxylation is 1. The Bertz CT molecular complexity index is 553. The van der Waals surface area contributed by atoms with Crippen molar-refractivity contribution in [2.45, 2.75) is 31.9 Å². The topological polar surface area (TPSA) is 73.1 Å². The Morgan fingerprint density at radius 1 is 1.53 bits per heavy atom. The molecule has 0 radical (unpaired) electrons. The first kappa shape index (κ1) is 12.7. The average molecular weight is 280 g/mol. The van der Waals surface area contributed by atoms with Crippen LogP contribution in [0.25, 0.3) is 0 Å². The fraction of sp³-hybridized carbons (Fsp3) is 0.583. The number of rotatable bonds is 4. The Morgan fingerprint density at radius 3 is 3.11 bits per heavy atom. The standard InChI is InChI=1S/C12H16N4O2S/c1-7-6-19-11(14-7)4-10-15-12(18-16-10)9-3-8(17-2)5-13-9/h6,8-9,13H,3-5H2,1-2H3/t8-,9+/m0/s1. The van der Waals surface area contributed by atoms with Gasteiger partial charge in [0.05, 0.1) is 18.6 Å². The second kappa shape index (κ2) is 5.36. The summed E-state index contributed by atoms with van der Waals surface area (Å²) in [5, 5.41) is 10.4. The highest BCUT2D eigenvalue weighted by Gasteiger charge is 2.29. The van der Waals surface area contributed by atoms with Crippen molar-refractivity contribution in [2.24, 2.45) is 0 Å². The van der Waals surface area contributed by atoms with Crippen LogP contribution in [0.4, 0.5) is 0 Å². The van der Waals surface area contributed by atoms with Gasteiger partial charge in [-0.2, -0.15) is 4.98 Å². The van der Waals surface area contributed by atoms with E-state index in [4.69, 9.17) is 9.26 Å². The minimum Gasteiger partial charge on any atom is -0.380 e. The first-order valence-electron chi connectivity index (χ1n) is 6.24. The fourth-order valence-corrected chi connectivity index (χ4v) is 2.94. The van der Waals surface area contributed by atoms with E-state index in [9.17, 15) is 0 Å². The molecule has 19 heavy (non-hydrogen) atoms. The van der Waals surface area contributed by atoms with Crippen molar-refractivity contribution in [1.82, 2.24) is 20.4 Å². The summed E-state index contributed by atoms with van der Waals surface area (Å²) in [7, 11) is 1.72. The monoisotopic (exact) mass is 280 g/mol. The molecule has 1 fully saturated rings. The van der Waals surface area contributed by atoms with Crippen LogP contribution >= 0.6 is 11.3 Å². The predicted octanol–water partition coefficient (Wildman–Crippen LogP) is 1.47. The Labute approximate surface area is 115 Å². The molecule has 1 N–H and O–H groups in total. The van der Waals surface area contributed by atoms with E-state index in [-0.39, 0.29) is 12.1 Å². The molecule has 0 amide bonds. The second-order valence-corrected chi connectivity index (χ2v) is 5.61. The van der Waals surface area contributed by atoms with Gasteiger partial charge in [0.25, 0.3) is 0 Å². The molecule has 0 aromatic carbocycles. The molecule has 1 aliphatic heterocycles. The molecular weight excluding hydrogens is 264 g/mol. The maximum absolute atomic E-state index is 5.32. The molecule has 0 aliphatic carbocycles. The minimum absolute atomic E-state index is 0.101. The molecule has 0 spiro atoms. The molecular formula is C12H16N4O2S. The van der Waals surface area contributed by atoms with E-state index in [1.807, 2.05) is 12.3 Å². The molecule has 3 rings (SSSR count). The van der Waals surface area contributed by atoms with Gasteiger partial charge >= 0.3 is 0 Å². The third kappa shape index (κ3) is 2.83. The van der Waals surface area contributed by atoms with Crippen LogP contribution in [0.5, 0.6) is 0 Å². The Balaban J connectivity index is 1.66. The molecule has 3 heterocycles. The third-order valence-electron chi connectivity index (χ3n) is 3.18. The number of ether oxygens (including phenoxy) is 1. The zero-order valence-electron chi connectivity index (χ0n) is 10.9. The summed E-state index contributed by atoms with van der Waals surface area (Å²) >= 11 is 1.62. The number of nitrogens with zero attached hydrogens (tertiary/aromatic N) is 3. The van der Waals surface area contributed by atoms with Crippen LogP contribution in [-0.2, 0) is 11.2 Å². The van der Waals surface area contributed by atoms with Gasteiger partial charge in [0.1, 0.15) is 5.01 Å². The Hall–Kier alpha value is -1.31. The minimum atomic E-state index is 0.101. The van der Waals surface area contributed by atoms with E-state index >= 15 is 0 Å². The van der Waals surface area contributed by atoms with Gasteiger partial charge in [0.15, 0.2) is 5.82 Å². The van der Waals surface area contributed by atoms with Gasteiger partial charge < -0.3 is 14.6 Å². The first-order chi connectivity index (χ1) is 9.24. The highest BCUT2D eigenvalue weighted by molar-refractivity contribution is 7.09. The van der Waals surface area contributed by atoms with Crippen LogP contribution in [0.3, 0.4) is 0 Å². The number of thiazole rings is 1. The molecule has 7 heteroatoms. The van der Waals surface area contributed by atoms with E-state index in [1.165, 1.54) is 0 Å². The highest BCUT2D eigenvalue weighted by Crippen LogP contribution is 2.23. The lowest BCUT2D eigenvalue weighted by Crippen LogP contribution is -2.16. The molecule has 102 valence electrons. The van der Waals surface area contributed by atoms with Gasteiger partial charge in [-0.1, -0.05) is 5.16 Å². The molecule has 2 aromatic rings. The first-order valence-corrected chi connectivity index (χ1v) is 7.12. The van der Waals surface area contributed by atoms with Crippen LogP contribution in [0.15, 0.2) is 9.90 Å². The second-order valence-electron chi connectivity index (χ2n) is 4.66. The number of aromatic nitrogens is 3. The maximum Gasteiger partial charge on any atom is 0.243 e. The van der Waals surface area contributed by atoms with E-state index < -0.39 is 0 Å². The largest absolute Gasteiger partial charge is 0.380 e. The number of hydrogen-bond acceptors (Lipinski definition) is 7. The van der Waals surface area contributed by atoms with Crippen molar-refractivity contribution in [2.75, 3.05) is 13.7 Å². The van der Waals surface area contributed by atoms with Crippen LogP contribution < -0.4 is 5.32 Å². The summed E-state index contributed by atoms with van der Waals surface area (Å²) in [6, 6.07) is 0.101. The summed E-state index contributed by atoms with van der Waals surface area (Å²) in [6.07, 6.45) is 1.72. The lowest BCUT2D eigenvalue weighted by atomic mass is 10.2. The lowest BCUT2D eigenvalue weighted by Gasteiger charge is -2.04. The average Bonchev–Trinajstić information content (AvgIpc) is 3.10. The summed E-state index contributed by atoms with van der Waals surface area (Å²) in [6.45, 7) is 2.81. The molecule has 0 saturated carbocycles. The van der Waals surface area contributed by atoms with Crippen LogP contribution in [0, 0.1) is 6.92 Å². The summed E-state index contributed by atoms with van der Waals surface area (Å²) in [5.41, 5.74) is 1.03. The summed E-state index contributed by atoms with van der Waals surface area (Å²) in [4.78, 5) is 8.84. The van der Waals surface area contributed by atoms with Crippen molar-refractivity contribution in [3.63, 3.8) is 0 Å². The van der Waals surface area contributed by atoms with E-state index in [1.54, 1.807) is 18.4 Å². The molecule has 1 saturated heterocycles. The van der Waals surface area contributed by atoms with Crippen LogP contribution in [0.1, 0.15) is 34.9 Å². The van der Waals surface area contributed by atoms with Gasteiger partial charge in [-0.15, -0.1) is 11.3 Å². The number of methoxy groups -OCH3 is 1. The Morgan fingerprint density at radius 2 is 2.42 bits per heavy atom. The third-order valence-corrected chi connectivity index (χ3v) is 4.15. The predicted molar refractivity (Wildman–Crippen MR) is 70.1 cm³/mol. The molecule has 2 aromatic heterocycles. The molecule has 0 unspecified atom stereocenters. The van der Waals surface area contributed by atoms with Crippen molar-refractivity contribution < 1.29 is 9.26 Å². The van der Waals surface area contributed by atoms with Gasteiger partial charge in [-0.3, -0.25) is 0 Å². The van der Waals surface area contributed by atoms with Gasteiger partial charge in [-0.25, -0.2) is 4.98 Å². The zero-order valence-corrected chi connectivity index (χ0v) is 11.7. The molecule has 2 atom stereocenters. The van der Waals surface area contributed by atoms with Crippen molar-refractivity contribution in [3.05, 3.63) is 27.8 Å². The smallest absolute Gasteiger partial charge is 0.243 e. The number of hydrogen-bond donors (Lipinski definition) is 1. The van der Waals surface area contributed by atoms with Crippen molar-refractivity contribution >= 4 is 11.3 Å². The zero-order chi connectivity index (χ0) is 13.2. The Kier molecular flexibility index (Phi) is 3.58. The van der Waals surface area contributed by atoms with E-state index in [0.29, 0.717) is 18.1 Å². The van der Waals surface area contributed by atoms with E-state index in [2.05, 4.69) is 20.4 Å². The quantitative estimate of drug-likeness (QED) is 0.914. The molecule has 6 nitrogen and oxygen atoms in total. The van der Waals surface area contributed by atoms with Crippen LogP contribution in [0.2, 0.25) is 0 Å². The van der Waals surface area contributed by atoms with Gasteiger partial charge in [-0.05, 0) is 13.3 Å². The highest BCUT2D eigenvalue weighted by atomic mass is 32.1. The van der Waals surface area contributed by atoms with E-state index in [0.717, 1.165) is 23.7 Å². The summed E-state index contributed by atoms with van der Waals surface area (Å²) < 4.78 is 10.6. The van der Waals surface area contributed by atoms with Crippen molar-refractivity contribution in [3.8, 4) is 0 Å². The molecule has 1 aliphatic rings. The van der Waals surface area contributed by atoms with Gasteiger partial charge in [0, 0.05) is 24.7 Å². The normalized spacial score (nSPS) is 23.1. The SMILES string of the molecule is CO[C@@H]1CN[C@@H](c2nc(Cc3nc(C)cs3)no2)C1. The summed E-state index contributed by atoms with van der Waals surface area (Å²) in [5.74, 6) is 1.33. The van der Waals surface area contributed by atoms with Gasteiger partial charge in [0.2, 0.25) is 5.89 Å². The van der Waals surface area contributed by atoms with Crippen LogP contribution in [-0.4, -0.2) is 34.9 Å². The van der Waals surface area contributed by atoms with Crippen molar-refractivity contribution in [1.29, 1.82) is 0 Å². The number of nitrogens with one attached hydrogen (secondary N) is 1. The lowest BCUT2D eigenvalue weighted by molar-refractivity contribution is 0.116. The fourth-order valence-electron chi connectivity index (χ4n) is 2.17. The maximum atomic E-state index is 5.32. The molecule has 0 bridgehead atoms.